The summed E-state index contributed by atoms with van der Waals surface area (Å²) in [4.78, 5) is 18.0. The molecule has 3 rings (SSSR count). The van der Waals surface area contributed by atoms with E-state index in [0.29, 0.717) is 22.3 Å². The Bertz CT molecular complexity index is 813. The van der Waals surface area contributed by atoms with Crippen molar-refractivity contribution >= 4 is 65.9 Å². The largest absolute Gasteiger partial charge is 0.314 e. The average Bonchev–Trinajstić information content (AvgIpc) is 2.91. The van der Waals surface area contributed by atoms with E-state index in [1.54, 1.807) is 6.07 Å². The Balaban J connectivity index is 2.03. The molecule has 2 heterocycles. The van der Waals surface area contributed by atoms with E-state index in [0.717, 1.165) is 10.9 Å². The molecular formula is C15H16BrClN2O3S2. The van der Waals surface area contributed by atoms with E-state index in [1.807, 2.05) is 24.0 Å². The first-order valence-corrected chi connectivity index (χ1v) is 11.4. The molecule has 1 amide bonds. The SMILES string of the molecule is CCCC(=O)N=C1SC2CS(=O)(=O)CC2N1c1ccc(Br)cc1Cl. The van der Waals surface area contributed by atoms with Crippen molar-refractivity contribution < 1.29 is 13.2 Å². The highest BCUT2D eigenvalue weighted by atomic mass is 79.9. The van der Waals surface area contributed by atoms with Crippen LogP contribution in [0.4, 0.5) is 5.69 Å². The lowest BCUT2D eigenvalue weighted by Gasteiger charge is -2.25. The predicted octanol–water partition coefficient (Wildman–Crippen LogP) is 3.50. The number of benzene rings is 1. The molecule has 1 aromatic carbocycles. The van der Waals surface area contributed by atoms with Crippen LogP contribution in [0.25, 0.3) is 0 Å². The molecule has 0 spiro atoms. The van der Waals surface area contributed by atoms with Crippen molar-refractivity contribution in [1.82, 2.24) is 0 Å². The Morgan fingerprint density at radius 3 is 2.88 bits per heavy atom. The maximum absolute atomic E-state index is 12.0. The summed E-state index contributed by atoms with van der Waals surface area (Å²) >= 11 is 11.1. The van der Waals surface area contributed by atoms with Crippen LogP contribution in [0.15, 0.2) is 27.7 Å². The van der Waals surface area contributed by atoms with Gasteiger partial charge in [-0.05, 0) is 24.6 Å². The molecule has 2 fully saturated rings. The van der Waals surface area contributed by atoms with E-state index in [4.69, 9.17) is 11.6 Å². The summed E-state index contributed by atoms with van der Waals surface area (Å²) < 4.78 is 24.8. The molecule has 1 aromatic rings. The summed E-state index contributed by atoms with van der Waals surface area (Å²) in [5.41, 5.74) is 0.681. The number of thioether (sulfide) groups is 1. The number of carbonyl (C=O) groups excluding carboxylic acids is 1. The van der Waals surface area contributed by atoms with Gasteiger partial charge in [0.25, 0.3) is 0 Å². The van der Waals surface area contributed by atoms with Crippen LogP contribution in [0.3, 0.4) is 0 Å². The number of nitrogens with zero attached hydrogens (tertiary/aromatic N) is 2. The normalized spacial score (nSPS) is 26.8. The second-order valence-electron chi connectivity index (χ2n) is 5.80. The van der Waals surface area contributed by atoms with Gasteiger partial charge in [-0.15, -0.1) is 0 Å². The molecule has 2 aliphatic heterocycles. The van der Waals surface area contributed by atoms with Gasteiger partial charge in [0.2, 0.25) is 5.91 Å². The zero-order chi connectivity index (χ0) is 17.5. The topological polar surface area (TPSA) is 66.8 Å². The fourth-order valence-corrected chi connectivity index (χ4v) is 7.59. The minimum absolute atomic E-state index is 0.0536. The zero-order valence-electron chi connectivity index (χ0n) is 12.9. The molecule has 0 saturated carbocycles. The molecule has 0 aliphatic carbocycles. The quantitative estimate of drug-likeness (QED) is 0.703. The number of aliphatic imine (C=N–C) groups is 1. The first kappa shape index (κ1) is 18.2. The predicted molar refractivity (Wildman–Crippen MR) is 103 cm³/mol. The Labute approximate surface area is 158 Å². The van der Waals surface area contributed by atoms with Crippen LogP contribution in [0.2, 0.25) is 5.02 Å². The number of hydrogen-bond donors (Lipinski definition) is 0. The highest BCUT2D eigenvalue weighted by molar-refractivity contribution is 9.10. The summed E-state index contributed by atoms with van der Waals surface area (Å²) in [5, 5.41) is 0.913. The van der Waals surface area contributed by atoms with Crippen LogP contribution in [-0.4, -0.2) is 42.3 Å². The van der Waals surface area contributed by atoms with Crippen LogP contribution in [-0.2, 0) is 14.6 Å². The Morgan fingerprint density at radius 2 is 2.21 bits per heavy atom. The lowest BCUT2D eigenvalue weighted by molar-refractivity contribution is -0.117. The third-order valence-corrected chi connectivity index (χ3v) is 7.93. The molecular weight excluding hydrogens is 436 g/mol. The van der Waals surface area contributed by atoms with E-state index in [-0.39, 0.29) is 28.7 Å². The van der Waals surface area contributed by atoms with E-state index in [1.165, 1.54) is 11.8 Å². The summed E-state index contributed by atoms with van der Waals surface area (Å²) in [7, 11) is -3.08. The fraction of sp³-hybridized carbons (Fsp3) is 0.467. The van der Waals surface area contributed by atoms with Gasteiger partial charge in [0.05, 0.1) is 28.3 Å². The van der Waals surface area contributed by atoms with Crippen LogP contribution >= 0.6 is 39.3 Å². The number of carbonyl (C=O) groups is 1. The van der Waals surface area contributed by atoms with Crippen molar-refractivity contribution in [3.63, 3.8) is 0 Å². The number of hydrogen-bond acceptors (Lipinski definition) is 4. The van der Waals surface area contributed by atoms with Gasteiger partial charge >= 0.3 is 0 Å². The van der Waals surface area contributed by atoms with Gasteiger partial charge in [-0.1, -0.05) is 46.2 Å². The lowest BCUT2D eigenvalue weighted by atomic mass is 10.2. The molecule has 2 saturated heterocycles. The highest BCUT2D eigenvalue weighted by Gasteiger charge is 2.49. The zero-order valence-corrected chi connectivity index (χ0v) is 16.9. The molecule has 24 heavy (non-hydrogen) atoms. The molecule has 5 nitrogen and oxygen atoms in total. The number of sulfone groups is 1. The van der Waals surface area contributed by atoms with Crippen LogP contribution in [0, 0.1) is 0 Å². The molecule has 130 valence electrons. The van der Waals surface area contributed by atoms with Crippen LogP contribution < -0.4 is 4.90 Å². The molecule has 2 unspecified atom stereocenters. The maximum Gasteiger partial charge on any atom is 0.248 e. The Morgan fingerprint density at radius 1 is 1.46 bits per heavy atom. The number of halogens is 2. The van der Waals surface area contributed by atoms with Gasteiger partial charge < -0.3 is 4.90 Å². The summed E-state index contributed by atoms with van der Waals surface area (Å²) in [5.74, 6) is -0.0347. The highest BCUT2D eigenvalue weighted by Crippen LogP contribution is 2.43. The summed E-state index contributed by atoms with van der Waals surface area (Å²) in [6.45, 7) is 1.92. The number of amides is 1. The van der Waals surface area contributed by atoms with Gasteiger partial charge in [0.1, 0.15) is 0 Å². The Kier molecular flexibility index (Phi) is 5.30. The molecule has 0 aromatic heterocycles. The minimum Gasteiger partial charge on any atom is -0.314 e. The van der Waals surface area contributed by atoms with Gasteiger partial charge in [-0.3, -0.25) is 4.79 Å². The van der Waals surface area contributed by atoms with Crippen molar-refractivity contribution in [1.29, 1.82) is 0 Å². The van der Waals surface area contributed by atoms with E-state index in [9.17, 15) is 13.2 Å². The number of anilines is 1. The Hall–Kier alpha value is -0.570. The van der Waals surface area contributed by atoms with Gasteiger partial charge in [-0.25, -0.2) is 8.42 Å². The van der Waals surface area contributed by atoms with Crippen LogP contribution in [0.1, 0.15) is 19.8 Å². The van der Waals surface area contributed by atoms with Gasteiger partial charge in [0.15, 0.2) is 15.0 Å². The smallest absolute Gasteiger partial charge is 0.248 e. The summed E-state index contributed by atoms with van der Waals surface area (Å²) in [6.07, 6.45) is 1.10. The molecule has 2 aliphatic rings. The maximum atomic E-state index is 12.0. The van der Waals surface area contributed by atoms with E-state index < -0.39 is 9.84 Å². The fourth-order valence-electron chi connectivity index (χ4n) is 2.90. The van der Waals surface area contributed by atoms with Crippen molar-refractivity contribution in [2.75, 3.05) is 16.4 Å². The molecule has 2 atom stereocenters. The molecule has 0 bridgehead atoms. The number of amidine groups is 1. The molecule has 0 N–H and O–H groups in total. The second kappa shape index (κ2) is 6.97. The van der Waals surface area contributed by atoms with Crippen LogP contribution in [0.5, 0.6) is 0 Å². The van der Waals surface area contributed by atoms with Crippen molar-refractivity contribution in [3.8, 4) is 0 Å². The average molecular weight is 452 g/mol. The first-order chi connectivity index (χ1) is 11.3. The standard InChI is InChI=1S/C15H16BrClN2O3S2/c1-2-3-14(20)18-15-19(11-5-4-9(16)6-10(11)17)12-7-24(21,22)8-13(12)23-15/h4-6,12-13H,2-3,7-8H2,1H3. The monoisotopic (exact) mass is 450 g/mol. The van der Waals surface area contributed by atoms with Crippen molar-refractivity contribution in [3.05, 3.63) is 27.7 Å². The van der Waals surface area contributed by atoms with Gasteiger partial charge in [0, 0.05) is 16.1 Å². The number of rotatable bonds is 3. The molecule has 9 heteroatoms. The van der Waals surface area contributed by atoms with Crippen molar-refractivity contribution in [2.24, 2.45) is 4.99 Å². The molecule has 0 radical (unpaired) electrons. The second-order valence-corrected chi connectivity index (χ2v) is 10.5. The van der Waals surface area contributed by atoms with Crippen molar-refractivity contribution in [2.45, 2.75) is 31.1 Å². The minimum atomic E-state index is -3.08. The van der Waals surface area contributed by atoms with E-state index >= 15 is 0 Å². The third kappa shape index (κ3) is 3.66. The number of fused-ring (bicyclic) bond motifs is 1. The third-order valence-electron chi connectivity index (χ3n) is 3.92. The lowest BCUT2D eigenvalue weighted by Crippen LogP contribution is -2.37. The summed E-state index contributed by atoms with van der Waals surface area (Å²) in [6, 6.07) is 5.17. The van der Waals surface area contributed by atoms with E-state index in [2.05, 4.69) is 20.9 Å². The van der Waals surface area contributed by atoms with Gasteiger partial charge in [-0.2, -0.15) is 4.99 Å². The first-order valence-electron chi connectivity index (χ1n) is 7.53.